The third-order valence-corrected chi connectivity index (χ3v) is 7.06. The summed E-state index contributed by atoms with van der Waals surface area (Å²) in [6.07, 6.45) is 0. The molecule has 8 nitrogen and oxygen atoms in total. The van der Waals surface area contributed by atoms with Crippen molar-refractivity contribution in [3.05, 3.63) is 58.1 Å². The first-order valence-corrected chi connectivity index (χ1v) is 11.4. The van der Waals surface area contributed by atoms with E-state index in [1.54, 1.807) is 24.3 Å². The number of fused-ring (bicyclic) bond motifs is 1. The van der Waals surface area contributed by atoms with Crippen LogP contribution in [0, 0.1) is 0 Å². The van der Waals surface area contributed by atoms with Gasteiger partial charge in [-0.1, -0.05) is 35.9 Å². The number of halogens is 1. The van der Waals surface area contributed by atoms with Crippen LogP contribution < -0.4 is 14.8 Å². The van der Waals surface area contributed by atoms with Crippen LogP contribution in [-0.2, 0) is 27.1 Å². The van der Waals surface area contributed by atoms with Crippen LogP contribution in [0.3, 0.4) is 0 Å². The maximum atomic E-state index is 12.8. The van der Waals surface area contributed by atoms with Gasteiger partial charge in [0, 0.05) is 25.2 Å². The lowest BCUT2D eigenvalue weighted by Crippen LogP contribution is -2.41. The molecule has 0 aromatic heterocycles. The Bertz CT molecular complexity index is 1050. The van der Waals surface area contributed by atoms with Crippen molar-refractivity contribution < 1.29 is 27.4 Å². The Hall–Kier alpha value is -2.33. The number of ether oxygens (including phenoxy) is 3. The molecule has 2 aliphatic rings. The maximum absolute atomic E-state index is 12.8. The Morgan fingerprint density at radius 3 is 2.60 bits per heavy atom. The van der Waals surface area contributed by atoms with E-state index in [1.807, 2.05) is 6.07 Å². The lowest BCUT2D eigenvalue weighted by atomic mass is 10.1. The molecule has 2 aliphatic heterocycles. The molecule has 0 bridgehead atoms. The van der Waals surface area contributed by atoms with Gasteiger partial charge in [-0.25, -0.2) is 8.42 Å². The number of rotatable bonds is 6. The van der Waals surface area contributed by atoms with E-state index in [0.29, 0.717) is 54.0 Å². The fraction of sp³-hybridized carbons (Fsp3) is 0.350. The highest BCUT2D eigenvalue weighted by Crippen LogP contribution is 2.39. The van der Waals surface area contributed by atoms with Crippen molar-refractivity contribution in [1.29, 1.82) is 0 Å². The van der Waals surface area contributed by atoms with E-state index in [4.69, 9.17) is 25.8 Å². The average molecular weight is 453 g/mol. The normalized spacial score (nSPS) is 16.4. The summed E-state index contributed by atoms with van der Waals surface area (Å²) in [6, 6.07) is 10.2. The van der Waals surface area contributed by atoms with E-state index < -0.39 is 10.0 Å². The van der Waals surface area contributed by atoms with Crippen molar-refractivity contribution in [1.82, 2.24) is 9.62 Å². The number of sulfonamides is 1. The van der Waals surface area contributed by atoms with Crippen molar-refractivity contribution in [3.8, 4) is 11.5 Å². The molecule has 0 unspecified atom stereocenters. The van der Waals surface area contributed by atoms with Crippen molar-refractivity contribution >= 4 is 27.5 Å². The zero-order chi connectivity index (χ0) is 21.1. The molecule has 0 radical (unpaired) electrons. The molecule has 160 valence electrons. The van der Waals surface area contributed by atoms with E-state index in [-0.39, 0.29) is 25.0 Å². The van der Waals surface area contributed by atoms with Crippen LogP contribution in [0.1, 0.15) is 21.5 Å². The van der Waals surface area contributed by atoms with Gasteiger partial charge in [0.05, 0.1) is 24.0 Å². The Kier molecular flexibility index (Phi) is 6.14. The molecule has 10 heteroatoms. The molecule has 1 saturated heterocycles. The summed E-state index contributed by atoms with van der Waals surface area (Å²) in [6.45, 7) is 1.74. The number of carbonyl (C=O) groups is 1. The summed E-state index contributed by atoms with van der Waals surface area (Å²) >= 11 is 6.14. The van der Waals surface area contributed by atoms with Gasteiger partial charge in [0.1, 0.15) is 0 Å². The van der Waals surface area contributed by atoms with Crippen molar-refractivity contribution in [2.24, 2.45) is 0 Å². The molecule has 1 fully saturated rings. The van der Waals surface area contributed by atoms with Gasteiger partial charge in [0.2, 0.25) is 16.8 Å². The Morgan fingerprint density at radius 2 is 1.83 bits per heavy atom. The fourth-order valence-corrected chi connectivity index (χ4v) is 5.19. The van der Waals surface area contributed by atoms with Gasteiger partial charge in [-0.2, -0.15) is 4.31 Å². The quantitative estimate of drug-likeness (QED) is 0.721. The lowest BCUT2D eigenvalue weighted by molar-refractivity contribution is 0.0729. The Balaban J connectivity index is 1.46. The highest BCUT2D eigenvalue weighted by molar-refractivity contribution is 7.88. The molecule has 1 amide bonds. The first-order valence-electron chi connectivity index (χ1n) is 9.44. The molecular formula is C20H21ClN2O6S. The molecule has 0 atom stereocenters. The van der Waals surface area contributed by atoms with Gasteiger partial charge in [-0.05, 0) is 23.3 Å². The second kappa shape index (κ2) is 8.81. The van der Waals surface area contributed by atoms with Crippen LogP contribution in [0.15, 0.2) is 36.4 Å². The minimum absolute atomic E-state index is 0.0606. The molecule has 0 aliphatic carbocycles. The molecule has 2 aromatic carbocycles. The van der Waals surface area contributed by atoms with E-state index in [9.17, 15) is 13.2 Å². The van der Waals surface area contributed by atoms with E-state index in [0.717, 1.165) is 5.56 Å². The smallest absolute Gasteiger partial charge is 0.251 e. The molecule has 0 spiro atoms. The molecular weight excluding hydrogens is 432 g/mol. The zero-order valence-electron chi connectivity index (χ0n) is 16.1. The number of benzene rings is 2. The number of hydrogen-bond acceptors (Lipinski definition) is 6. The summed E-state index contributed by atoms with van der Waals surface area (Å²) in [5.41, 5.74) is 1.71. The average Bonchev–Trinajstić information content (AvgIpc) is 3.23. The monoisotopic (exact) mass is 452 g/mol. The summed E-state index contributed by atoms with van der Waals surface area (Å²) in [7, 11) is -3.47. The van der Waals surface area contributed by atoms with Gasteiger partial charge in [-0.15, -0.1) is 0 Å². The number of nitrogens with one attached hydrogen (secondary N) is 1. The van der Waals surface area contributed by atoms with Gasteiger partial charge in [0.15, 0.2) is 11.5 Å². The second-order valence-corrected chi connectivity index (χ2v) is 9.29. The predicted molar refractivity (Wildman–Crippen MR) is 110 cm³/mol. The molecule has 30 heavy (non-hydrogen) atoms. The van der Waals surface area contributed by atoms with E-state index >= 15 is 0 Å². The van der Waals surface area contributed by atoms with Crippen LogP contribution in [-0.4, -0.2) is 51.7 Å². The third-order valence-electron chi connectivity index (χ3n) is 4.95. The summed E-state index contributed by atoms with van der Waals surface area (Å²) in [4.78, 5) is 12.6. The van der Waals surface area contributed by atoms with Crippen molar-refractivity contribution in [3.63, 3.8) is 0 Å². The van der Waals surface area contributed by atoms with Crippen LogP contribution in [0.25, 0.3) is 0 Å². The van der Waals surface area contributed by atoms with E-state index in [2.05, 4.69) is 5.32 Å². The van der Waals surface area contributed by atoms with Crippen LogP contribution >= 0.6 is 11.6 Å². The number of hydrogen-bond donors (Lipinski definition) is 1. The first-order chi connectivity index (χ1) is 14.4. The summed E-state index contributed by atoms with van der Waals surface area (Å²) in [5, 5.41) is 3.12. The van der Waals surface area contributed by atoms with Gasteiger partial charge in [0.25, 0.3) is 5.91 Å². The van der Waals surface area contributed by atoms with Crippen LogP contribution in [0.5, 0.6) is 11.5 Å². The predicted octanol–water partition coefficient (Wildman–Crippen LogP) is 2.16. The number of nitrogens with zero attached hydrogens (tertiary/aromatic N) is 1. The standard InChI is InChI=1S/C20H21ClN2O6S/c21-17-9-16(10-18-19(17)29-13-28-18)20(24)22-11-14-3-1-2-4-15(14)12-30(25,26)23-5-7-27-8-6-23/h1-4,9-10H,5-8,11-13H2,(H,22,24). The largest absolute Gasteiger partial charge is 0.454 e. The first kappa shape index (κ1) is 20.9. The fourth-order valence-electron chi connectivity index (χ4n) is 3.36. The number of carbonyl (C=O) groups excluding carboxylic acids is 1. The zero-order valence-corrected chi connectivity index (χ0v) is 17.7. The van der Waals surface area contributed by atoms with Crippen molar-refractivity contribution in [2.75, 3.05) is 33.1 Å². The van der Waals surface area contributed by atoms with Gasteiger partial charge < -0.3 is 19.5 Å². The van der Waals surface area contributed by atoms with Gasteiger partial charge >= 0.3 is 0 Å². The topological polar surface area (TPSA) is 94.2 Å². The SMILES string of the molecule is O=C(NCc1ccccc1CS(=O)(=O)N1CCOCC1)c1cc(Cl)c2c(c1)OCO2. The minimum atomic E-state index is -3.47. The highest BCUT2D eigenvalue weighted by atomic mass is 35.5. The Labute approximate surface area is 179 Å². The second-order valence-electron chi connectivity index (χ2n) is 6.91. The summed E-state index contributed by atoms with van der Waals surface area (Å²) < 4.78 is 42.7. The molecule has 1 N–H and O–H groups in total. The molecule has 2 heterocycles. The van der Waals surface area contributed by atoms with Crippen LogP contribution in [0.4, 0.5) is 0 Å². The van der Waals surface area contributed by atoms with Crippen LogP contribution in [0.2, 0.25) is 5.02 Å². The Morgan fingerprint density at radius 1 is 1.10 bits per heavy atom. The number of morpholine rings is 1. The maximum Gasteiger partial charge on any atom is 0.251 e. The van der Waals surface area contributed by atoms with Crippen molar-refractivity contribution in [2.45, 2.75) is 12.3 Å². The highest BCUT2D eigenvalue weighted by Gasteiger charge is 2.25. The van der Waals surface area contributed by atoms with E-state index in [1.165, 1.54) is 10.4 Å². The molecule has 0 saturated carbocycles. The lowest BCUT2D eigenvalue weighted by Gasteiger charge is -2.26. The van der Waals surface area contributed by atoms with Gasteiger partial charge in [-0.3, -0.25) is 4.79 Å². The molecule has 2 aromatic rings. The molecule has 4 rings (SSSR count). The summed E-state index contributed by atoms with van der Waals surface area (Å²) in [5.74, 6) is 0.368. The number of amides is 1. The minimum Gasteiger partial charge on any atom is -0.454 e. The third kappa shape index (κ3) is 4.54.